The van der Waals surface area contributed by atoms with E-state index in [1.54, 1.807) is 4.90 Å². The van der Waals surface area contributed by atoms with Crippen LogP contribution < -0.4 is 10.6 Å². The van der Waals surface area contributed by atoms with Gasteiger partial charge in [-0.2, -0.15) is 0 Å². The molecule has 96 valence electrons. The quantitative estimate of drug-likeness (QED) is 0.864. The Kier molecular flexibility index (Phi) is 4.66. The molecule has 2 N–H and O–H groups in total. The number of pyridine rings is 1. The van der Waals surface area contributed by atoms with Gasteiger partial charge in [-0.25, -0.2) is 13.8 Å². The number of halogens is 2. The number of hydrogen-bond acceptors (Lipinski definition) is 3. The molecule has 1 heterocycles. The first-order valence-corrected chi connectivity index (χ1v) is 5.86. The molecule has 1 rings (SSSR count). The highest BCUT2D eigenvalue weighted by atomic mass is 19.1. The molecule has 0 amide bonds. The summed E-state index contributed by atoms with van der Waals surface area (Å²) in [7, 11) is 0. The summed E-state index contributed by atoms with van der Waals surface area (Å²) >= 11 is 0. The van der Waals surface area contributed by atoms with E-state index >= 15 is 0 Å². The van der Waals surface area contributed by atoms with Crippen molar-refractivity contribution in [1.82, 2.24) is 4.98 Å². The minimum absolute atomic E-state index is 0.131. The van der Waals surface area contributed by atoms with E-state index in [1.165, 1.54) is 0 Å². The number of nitrogens with zero attached hydrogens (tertiary/aromatic N) is 2. The van der Waals surface area contributed by atoms with Crippen molar-refractivity contribution in [1.29, 1.82) is 0 Å². The Labute approximate surface area is 101 Å². The van der Waals surface area contributed by atoms with Crippen LogP contribution >= 0.6 is 0 Å². The summed E-state index contributed by atoms with van der Waals surface area (Å²) in [5, 5.41) is 0. The van der Waals surface area contributed by atoms with E-state index in [9.17, 15) is 8.78 Å². The predicted molar refractivity (Wildman–Crippen MR) is 65.9 cm³/mol. The highest BCUT2D eigenvalue weighted by molar-refractivity contribution is 5.47. The molecule has 1 unspecified atom stereocenters. The van der Waals surface area contributed by atoms with E-state index in [2.05, 4.69) is 18.8 Å². The van der Waals surface area contributed by atoms with Gasteiger partial charge in [-0.3, -0.25) is 0 Å². The largest absolute Gasteiger partial charge is 0.381 e. The Morgan fingerprint density at radius 1 is 1.35 bits per heavy atom. The fraction of sp³-hybridized carbons (Fsp3) is 0.583. The number of nitrogens with two attached hydrogens (primary N) is 1. The van der Waals surface area contributed by atoms with Crippen LogP contribution in [0.5, 0.6) is 0 Å². The van der Waals surface area contributed by atoms with Crippen LogP contribution in [0, 0.1) is 17.6 Å². The van der Waals surface area contributed by atoms with Gasteiger partial charge in [0.25, 0.3) is 0 Å². The van der Waals surface area contributed by atoms with Crippen LogP contribution in [-0.2, 0) is 0 Å². The standard InChI is InChI=1S/C12H19F2N3/c1-4-8(3)7-17(5-2)12-10(14)6-9(13)11(15)16-12/h6,8H,4-5,7H2,1-3H3,(H2,15,16). The zero-order valence-electron chi connectivity index (χ0n) is 10.5. The molecule has 0 radical (unpaired) electrons. The molecule has 3 nitrogen and oxygen atoms in total. The van der Waals surface area contributed by atoms with Crippen LogP contribution in [-0.4, -0.2) is 18.1 Å². The minimum Gasteiger partial charge on any atom is -0.381 e. The van der Waals surface area contributed by atoms with Gasteiger partial charge in [-0.15, -0.1) is 0 Å². The topological polar surface area (TPSA) is 42.2 Å². The maximum atomic E-state index is 13.6. The lowest BCUT2D eigenvalue weighted by molar-refractivity contribution is 0.528. The molecule has 0 aliphatic rings. The number of anilines is 2. The summed E-state index contributed by atoms with van der Waals surface area (Å²) in [5.41, 5.74) is 5.37. The average Bonchev–Trinajstić information content (AvgIpc) is 2.30. The van der Waals surface area contributed by atoms with Crippen LogP contribution in [0.3, 0.4) is 0 Å². The third kappa shape index (κ3) is 3.28. The second-order valence-corrected chi connectivity index (χ2v) is 4.21. The molecule has 0 aromatic carbocycles. The van der Waals surface area contributed by atoms with Gasteiger partial charge >= 0.3 is 0 Å². The molecule has 0 saturated carbocycles. The summed E-state index contributed by atoms with van der Waals surface area (Å²) in [4.78, 5) is 5.56. The van der Waals surface area contributed by atoms with Gasteiger partial charge in [0.1, 0.15) is 0 Å². The number of aromatic nitrogens is 1. The summed E-state index contributed by atoms with van der Waals surface area (Å²) in [6.07, 6.45) is 0.995. The zero-order chi connectivity index (χ0) is 13.0. The smallest absolute Gasteiger partial charge is 0.168 e. The fourth-order valence-electron chi connectivity index (χ4n) is 1.56. The third-order valence-electron chi connectivity index (χ3n) is 2.85. The summed E-state index contributed by atoms with van der Waals surface area (Å²) in [5.74, 6) is -1.19. The maximum absolute atomic E-state index is 13.6. The monoisotopic (exact) mass is 243 g/mol. The van der Waals surface area contributed by atoms with Gasteiger partial charge in [-0.05, 0) is 12.8 Å². The van der Waals surface area contributed by atoms with Gasteiger partial charge < -0.3 is 10.6 Å². The summed E-state index contributed by atoms with van der Waals surface area (Å²) < 4.78 is 26.6. The Morgan fingerprint density at radius 3 is 2.53 bits per heavy atom. The van der Waals surface area contributed by atoms with E-state index in [-0.39, 0.29) is 11.6 Å². The number of rotatable bonds is 5. The SMILES string of the molecule is CCC(C)CN(CC)c1nc(N)c(F)cc1F. The molecule has 5 heteroatoms. The fourth-order valence-corrected chi connectivity index (χ4v) is 1.56. The van der Waals surface area contributed by atoms with Crippen molar-refractivity contribution in [2.24, 2.45) is 5.92 Å². The van der Waals surface area contributed by atoms with Crippen molar-refractivity contribution in [2.45, 2.75) is 27.2 Å². The molecule has 17 heavy (non-hydrogen) atoms. The van der Waals surface area contributed by atoms with Crippen molar-refractivity contribution < 1.29 is 8.78 Å². The molecular weight excluding hydrogens is 224 g/mol. The first kappa shape index (κ1) is 13.7. The second-order valence-electron chi connectivity index (χ2n) is 4.21. The highest BCUT2D eigenvalue weighted by Gasteiger charge is 2.16. The Balaban J connectivity index is 2.99. The summed E-state index contributed by atoms with van der Waals surface area (Å²) in [6, 6.07) is 0.789. The van der Waals surface area contributed by atoms with Crippen LogP contribution in [0.2, 0.25) is 0 Å². The van der Waals surface area contributed by atoms with Gasteiger partial charge in [0.05, 0.1) is 0 Å². The van der Waals surface area contributed by atoms with Crippen molar-refractivity contribution in [3.63, 3.8) is 0 Å². The lowest BCUT2D eigenvalue weighted by Crippen LogP contribution is -2.30. The Hall–Kier alpha value is -1.39. The van der Waals surface area contributed by atoms with Gasteiger partial charge in [0, 0.05) is 19.2 Å². The minimum atomic E-state index is -0.814. The number of nitrogen functional groups attached to an aromatic ring is 1. The van der Waals surface area contributed by atoms with Crippen LogP contribution in [0.25, 0.3) is 0 Å². The molecular formula is C12H19F2N3. The lowest BCUT2D eigenvalue weighted by Gasteiger charge is -2.25. The maximum Gasteiger partial charge on any atom is 0.168 e. The van der Waals surface area contributed by atoms with Crippen molar-refractivity contribution in [2.75, 3.05) is 23.7 Å². The van der Waals surface area contributed by atoms with Crippen LogP contribution in [0.15, 0.2) is 6.07 Å². The van der Waals surface area contributed by atoms with Crippen molar-refractivity contribution >= 4 is 11.6 Å². The van der Waals surface area contributed by atoms with Gasteiger partial charge in [0.15, 0.2) is 23.3 Å². The predicted octanol–water partition coefficient (Wildman–Crippen LogP) is 2.81. The molecule has 0 saturated heterocycles. The molecule has 1 aromatic heterocycles. The first-order valence-electron chi connectivity index (χ1n) is 5.86. The zero-order valence-corrected chi connectivity index (χ0v) is 10.5. The van der Waals surface area contributed by atoms with E-state index in [4.69, 9.17) is 5.73 Å². The molecule has 1 atom stereocenters. The Morgan fingerprint density at radius 2 is 2.00 bits per heavy atom. The van der Waals surface area contributed by atoms with E-state index in [1.807, 2.05) is 6.92 Å². The van der Waals surface area contributed by atoms with Gasteiger partial charge in [0.2, 0.25) is 0 Å². The van der Waals surface area contributed by atoms with Crippen molar-refractivity contribution in [3.8, 4) is 0 Å². The molecule has 0 aliphatic carbocycles. The molecule has 0 spiro atoms. The van der Waals surface area contributed by atoms with Crippen molar-refractivity contribution in [3.05, 3.63) is 17.7 Å². The number of hydrogen-bond donors (Lipinski definition) is 1. The van der Waals surface area contributed by atoms with Crippen LogP contribution in [0.1, 0.15) is 27.2 Å². The molecule has 0 fully saturated rings. The first-order chi connectivity index (χ1) is 7.99. The van der Waals surface area contributed by atoms with Crippen LogP contribution in [0.4, 0.5) is 20.4 Å². The van der Waals surface area contributed by atoms with E-state index in [0.717, 1.165) is 12.5 Å². The Bertz CT molecular complexity index is 382. The molecule has 0 aliphatic heterocycles. The van der Waals surface area contributed by atoms with E-state index in [0.29, 0.717) is 19.0 Å². The molecule has 0 bridgehead atoms. The highest BCUT2D eigenvalue weighted by Crippen LogP contribution is 2.21. The normalized spacial score (nSPS) is 12.5. The van der Waals surface area contributed by atoms with Gasteiger partial charge in [-0.1, -0.05) is 20.3 Å². The molecule has 1 aromatic rings. The third-order valence-corrected chi connectivity index (χ3v) is 2.85. The second kappa shape index (κ2) is 5.80. The average molecular weight is 243 g/mol. The lowest BCUT2D eigenvalue weighted by atomic mass is 10.1. The van der Waals surface area contributed by atoms with E-state index < -0.39 is 11.6 Å². The summed E-state index contributed by atoms with van der Waals surface area (Å²) in [6.45, 7) is 7.35.